The largest absolute Gasteiger partial charge is 0.441 e. The number of carbonyl (C=O) groups is 3. The van der Waals surface area contributed by atoms with Crippen molar-refractivity contribution in [3.8, 4) is 0 Å². The zero-order chi connectivity index (χ0) is 18.9. The first-order chi connectivity index (χ1) is 12.3. The summed E-state index contributed by atoms with van der Waals surface area (Å²) in [4.78, 5) is 43.5. The van der Waals surface area contributed by atoms with E-state index in [9.17, 15) is 14.4 Å². The summed E-state index contributed by atoms with van der Waals surface area (Å²) in [6, 6.07) is -0.972. The third kappa shape index (κ3) is 3.72. The number of likely N-dealkylation sites (N-methyl/N-ethyl adjacent to an activating group) is 1. The molecule has 0 saturated carbocycles. The first kappa shape index (κ1) is 18.8. The monoisotopic (exact) mass is 367 g/mol. The molecule has 0 radical (unpaired) electrons. The highest BCUT2D eigenvalue weighted by molar-refractivity contribution is 5.87. The lowest BCUT2D eigenvalue weighted by Gasteiger charge is -2.39. The smallest absolute Gasteiger partial charge is 0.410 e. The molecule has 146 valence electrons. The summed E-state index contributed by atoms with van der Waals surface area (Å²) in [5, 5.41) is 0. The zero-order valence-electron chi connectivity index (χ0n) is 15.6. The van der Waals surface area contributed by atoms with Crippen molar-refractivity contribution in [1.82, 2.24) is 19.6 Å². The number of nitrogens with zero attached hydrogens (tertiary/aromatic N) is 4. The Bertz CT molecular complexity index is 574. The second kappa shape index (κ2) is 7.30. The van der Waals surface area contributed by atoms with Gasteiger partial charge in [-0.05, 0) is 26.9 Å². The number of rotatable bonds is 4. The number of nitrogens with two attached hydrogens (primary N) is 1. The van der Waals surface area contributed by atoms with E-state index in [1.807, 2.05) is 19.0 Å². The van der Waals surface area contributed by atoms with E-state index in [-0.39, 0.29) is 12.0 Å². The van der Waals surface area contributed by atoms with Gasteiger partial charge in [0, 0.05) is 45.6 Å². The molecule has 1 unspecified atom stereocenters. The Labute approximate surface area is 154 Å². The molecule has 0 aromatic rings. The Morgan fingerprint density at radius 1 is 1.27 bits per heavy atom. The topological polar surface area (TPSA) is 99.4 Å². The van der Waals surface area contributed by atoms with Crippen LogP contribution in [0.5, 0.6) is 0 Å². The molecule has 3 saturated heterocycles. The Hall–Kier alpha value is -2.03. The third-order valence-electron chi connectivity index (χ3n) is 5.67. The number of hydrogen-bond acceptors (Lipinski definition) is 5. The molecule has 3 aliphatic rings. The molecule has 3 aliphatic heterocycles. The normalized spacial score (nSPS) is 25.3. The molecule has 0 bridgehead atoms. The van der Waals surface area contributed by atoms with Gasteiger partial charge in [0.2, 0.25) is 5.91 Å². The number of urea groups is 1. The van der Waals surface area contributed by atoms with Gasteiger partial charge in [-0.1, -0.05) is 0 Å². The van der Waals surface area contributed by atoms with E-state index >= 15 is 0 Å². The number of piperidine rings is 1. The standard InChI is InChI=1S/C17H29N5O4/c1-19(2)10-11-21-12-17(26-16(21)25)5-8-20(9-6-17)14(23)13-4-3-7-22(13)15(18)24/h13H,3-12H2,1-2H3,(H2,18,24). The first-order valence-electron chi connectivity index (χ1n) is 9.29. The number of carbonyl (C=O) groups excluding carboxylic acids is 3. The molecule has 0 aliphatic carbocycles. The third-order valence-corrected chi connectivity index (χ3v) is 5.67. The molecule has 3 fully saturated rings. The van der Waals surface area contributed by atoms with Crippen LogP contribution >= 0.6 is 0 Å². The van der Waals surface area contributed by atoms with Crippen molar-refractivity contribution in [2.45, 2.75) is 37.3 Å². The minimum Gasteiger partial charge on any atom is -0.441 e. The van der Waals surface area contributed by atoms with E-state index in [1.54, 1.807) is 9.80 Å². The molecule has 26 heavy (non-hydrogen) atoms. The Morgan fingerprint density at radius 2 is 1.96 bits per heavy atom. The molecule has 3 rings (SSSR count). The quantitative estimate of drug-likeness (QED) is 0.748. The minimum absolute atomic E-state index is 0.0371. The van der Waals surface area contributed by atoms with Crippen molar-refractivity contribution in [1.29, 1.82) is 0 Å². The second-order valence-electron chi connectivity index (χ2n) is 7.79. The highest BCUT2D eigenvalue weighted by atomic mass is 16.6. The lowest BCUT2D eigenvalue weighted by atomic mass is 9.91. The van der Waals surface area contributed by atoms with Crippen LogP contribution < -0.4 is 5.73 Å². The van der Waals surface area contributed by atoms with Crippen molar-refractivity contribution >= 4 is 18.0 Å². The van der Waals surface area contributed by atoms with Crippen LogP contribution in [0.4, 0.5) is 9.59 Å². The van der Waals surface area contributed by atoms with Gasteiger partial charge in [-0.15, -0.1) is 0 Å². The highest BCUT2D eigenvalue weighted by Gasteiger charge is 2.48. The fourth-order valence-electron chi connectivity index (χ4n) is 4.08. The van der Waals surface area contributed by atoms with E-state index in [2.05, 4.69) is 0 Å². The maximum Gasteiger partial charge on any atom is 0.410 e. The van der Waals surface area contributed by atoms with Crippen molar-refractivity contribution in [2.75, 3.05) is 53.4 Å². The van der Waals surface area contributed by atoms with Gasteiger partial charge in [0.15, 0.2) is 0 Å². The SMILES string of the molecule is CN(C)CCN1CC2(CCN(C(=O)C3CCCN3C(N)=O)CC2)OC1=O. The van der Waals surface area contributed by atoms with Gasteiger partial charge in [0.1, 0.15) is 11.6 Å². The maximum atomic E-state index is 12.8. The Kier molecular flexibility index (Phi) is 5.27. The van der Waals surface area contributed by atoms with Crippen LogP contribution in [-0.4, -0.2) is 103 Å². The van der Waals surface area contributed by atoms with Crippen LogP contribution in [0.1, 0.15) is 25.7 Å². The van der Waals surface area contributed by atoms with Gasteiger partial charge in [-0.3, -0.25) is 4.79 Å². The number of likely N-dealkylation sites (tertiary alicyclic amines) is 2. The number of hydrogen-bond donors (Lipinski definition) is 1. The number of ether oxygens (including phenoxy) is 1. The molecule has 0 aromatic carbocycles. The predicted molar refractivity (Wildman–Crippen MR) is 94.5 cm³/mol. The van der Waals surface area contributed by atoms with Gasteiger partial charge >= 0.3 is 12.1 Å². The van der Waals surface area contributed by atoms with E-state index in [0.717, 1.165) is 13.0 Å². The van der Waals surface area contributed by atoms with Crippen molar-refractivity contribution in [3.63, 3.8) is 0 Å². The summed E-state index contributed by atoms with van der Waals surface area (Å²) >= 11 is 0. The Morgan fingerprint density at radius 3 is 2.58 bits per heavy atom. The molecule has 1 atom stereocenters. The van der Waals surface area contributed by atoms with Crippen molar-refractivity contribution in [3.05, 3.63) is 0 Å². The summed E-state index contributed by atoms with van der Waals surface area (Å²) in [6.45, 7) is 3.64. The molecule has 0 aromatic heterocycles. The van der Waals surface area contributed by atoms with E-state index in [1.165, 1.54) is 4.90 Å². The molecule has 9 heteroatoms. The molecule has 4 amide bonds. The molecule has 9 nitrogen and oxygen atoms in total. The number of primary amides is 1. The lowest BCUT2D eigenvalue weighted by molar-refractivity contribution is -0.138. The fraction of sp³-hybridized carbons (Fsp3) is 0.824. The molecule has 1 spiro atoms. The first-order valence-corrected chi connectivity index (χ1v) is 9.29. The Balaban J connectivity index is 1.55. The van der Waals surface area contributed by atoms with Crippen LogP contribution in [0.25, 0.3) is 0 Å². The van der Waals surface area contributed by atoms with E-state index in [0.29, 0.717) is 52.0 Å². The van der Waals surface area contributed by atoms with Crippen LogP contribution in [-0.2, 0) is 9.53 Å². The predicted octanol–water partition coefficient (Wildman–Crippen LogP) is -0.0955. The van der Waals surface area contributed by atoms with Gasteiger partial charge in [-0.2, -0.15) is 0 Å². The molecule has 3 heterocycles. The summed E-state index contributed by atoms with van der Waals surface area (Å²) < 4.78 is 5.69. The molecule has 2 N–H and O–H groups in total. The van der Waals surface area contributed by atoms with E-state index in [4.69, 9.17) is 10.5 Å². The zero-order valence-corrected chi connectivity index (χ0v) is 15.6. The minimum atomic E-state index is -0.532. The van der Waals surface area contributed by atoms with Gasteiger partial charge in [0.25, 0.3) is 0 Å². The van der Waals surface area contributed by atoms with Crippen molar-refractivity contribution < 1.29 is 19.1 Å². The fourth-order valence-corrected chi connectivity index (χ4v) is 4.08. The average Bonchev–Trinajstić information content (AvgIpc) is 3.18. The van der Waals surface area contributed by atoms with Crippen LogP contribution in [0.15, 0.2) is 0 Å². The van der Waals surface area contributed by atoms with Crippen LogP contribution in [0.2, 0.25) is 0 Å². The van der Waals surface area contributed by atoms with Gasteiger partial charge in [-0.25, -0.2) is 9.59 Å². The molecular formula is C17H29N5O4. The summed E-state index contributed by atoms with van der Waals surface area (Å²) in [5.41, 5.74) is 4.89. The van der Waals surface area contributed by atoms with Crippen LogP contribution in [0, 0.1) is 0 Å². The van der Waals surface area contributed by atoms with E-state index < -0.39 is 17.7 Å². The van der Waals surface area contributed by atoms with Gasteiger partial charge < -0.3 is 30.1 Å². The second-order valence-corrected chi connectivity index (χ2v) is 7.79. The maximum absolute atomic E-state index is 12.8. The average molecular weight is 367 g/mol. The highest BCUT2D eigenvalue weighted by Crippen LogP contribution is 2.34. The molecular weight excluding hydrogens is 338 g/mol. The van der Waals surface area contributed by atoms with Gasteiger partial charge in [0.05, 0.1) is 6.54 Å². The summed E-state index contributed by atoms with van der Waals surface area (Å²) in [5.74, 6) is -0.0371. The summed E-state index contributed by atoms with van der Waals surface area (Å²) in [6.07, 6.45) is 2.47. The lowest BCUT2D eigenvalue weighted by Crippen LogP contribution is -2.54. The summed E-state index contributed by atoms with van der Waals surface area (Å²) in [7, 11) is 3.94. The number of amides is 4. The van der Waals surface area contributed by atoms with Crippen molar-refractivity contribution in [2.24, 2.45) is 5.73 Å². The van der Waals surface area contributed by atoms with Crippen LogP contribution in [0.3, 0.4) is 0 Å².